The molecule has 1 saturated heterocycles. The number of hydrogen-bond acceptors (Lipinski definition) is 3. The first-order chi connectivity index (χ1) is 11.1. The Hall–Kier alpha value is -2.08. The van der Waals surface area contributed by atoms with Gasteiger partial charge in [0.2, 0.25) is 5.91 Å². The van der Waals surface area contributed by atoms with Crippen LogP contribution < -0.4 is 11.0 Å². The first-order valence-electron chi connectivity index (χ1n) is 8.21. The second-order valence-electron chi connectivity index (χ2n) is 6.20. The highest BCUT2D eigenvalue weighted by Crippen LogP contribution is 2.14. The smallest absolute Gasteiger partial charge is 0.328 e. The molecule has 124 valence electrons. The summed E-state index contributed by atoms with van der Waals surface area (Å²) >= 11 is 0. The molecule has 1 aromatic carbocycles. The van der Waals surface area contributed by atoms with Crippen LogP contribution in [0, 0.1) is 0 Å². The van der Waals surface area contributed by atoms with Gasteiger partial charge in [-0.2, -0.15) is 0 Å². The van der Waals surface area contributed by atoms with Crippen LogP contribution in [0.2, 0.25) is 0 Å². The first-order valence-corrected chi connectivity index (χ1v) is 8.21. The maximum absolute atomic E-state index is 12.5. The van der Waals surface area contributed by atoms with Crippen LogP contribution in [0.5, 0.6) is 0 Å². The van der Waals surface area contributed by atoms with Crippen LogP contribution in [0.25, 0.3) is 11.0 Å². The van der Waals surface area contributed by atoms with Gasteiger partial charge in [0.1, 0.15) is 0 Å². The number of carbonyl (C=O) groups excluding carboxylic acids is 1. The molecule has 0 saturated carbocycles. The van der Waals surface area contributed by atoms with Gasteiger partial charge in [-0.1, -0.05) is 12.1 Å². The Morgan fingerprint density at radius 2 is 2.04 bits per heavy atom. The topological polar surface area (TPSA) is 59.3 Å². The van der Waals surface area contributed by atoms with Crippen molar-refractivity contribution in [3.05, 3.63) is 34.7 Å². The molecule has 1 amide bonds. The third-order valence-corrected chi connectivity index (χ3v) is 4.78. The number of piperidine rings is 1. The number of nitrogens with one attached hydrogen (secondary N) is 1. The van der Waals surface area contributed by atoms with Crippen LogP contribution in [-0.2, 0) is 18.4 Å². The monoisotopic (exact) mass is 316 g/mol. The number of aryl methyl sites for hydroxylation is 2. The van der Waals surface area contributed by atoms with Crippen LogP contribution in [0.4, 0.5) is 0 Å². The van der Waals surface area contributed by atoms with E-state index in [-0.39, 0.29) is 11.6 Å². The van der Waals surface area contributed by atoms with Crippen LogP contribution >= 0.6 is 0 Å². The summed E-state index contributed by atoms with van der Waals surface area (Å²) in [6, 6.07) is 8.08. The molecule has 6 nitrogen and oxygen atoms in total. The Labute approximate surface area is 135 Å². The third-order valence-electron chi connectivity index (χ3n) is 4.78. The summed E-state index contributed by atoms with van der Waals surface area (Å²) in [7, 11) is 3.71. The molecule has 0 unspecified atom stereocenters. The third kappa shape index (κ3) is 3.03. The Morgan fingerprint density at radius 1 is 1.30 bits per heavy atom. The van der Waals surface area contributed by atoms with Crippen molar-refractivity contribution in [2.45, 2.75) is 31.8 Å². The fourth-order valence-electron chi connectivity index (χ4n) is 3.38. The van der Waals surface area contributed by atoms with E-state index >= 15 is 0 Å². The largest absolute Gasteiger partial charge is 0.341 e. The number of hydrogen-bond donors (Lipinski definition) is 1. The summed E-state index contributed by atoms with van der Waals surface area (Å²) in [4.78, 5) is 26.7. The lowest BCUT2D eigenvalue weighted by Crippen LogP contribution is -2.47. The highest BCUT2D eigenvalue weighted by molar-refractivity contribution is 5.78. The van der Waals surface area contributed by atoms with E-state index in [1.165, 1.54) is 0 Å². The van der Waals surface area contributed by atoms with Crippen molar-refractivity contribution in [1.29, 1.82) is 0 Å². The molecule has 1 aliphatic rings. The van der Waals surface area contributed by atoms with Gasteiger partial charge in [0.05, 0.1) is 11.0 Å². The molecule has 0 bridgehead atoms. The van der Waals surface area contributed by atoms with Gasteiger partial charge in [0.15, 0.2) is 0 Å². The number of likely N-dealkylation sites (tertiary alicyclic amines) is 1. The normalized spacial score (nSPS) is 18.5. The quantitative estimate of drug-likeness (QED) is 0.913. The zero-order valence-electron chi connectivity index (χ0n) is 13.8. The molecule has 23 heavy (non-hydrogen) atoms. The Kier molecular flexibility index (Phi) is 4.52. The van der Waals surface area contributed by atoms with Gasteiger partial charge < -0.3 is 10.2 Å². The zero-order chi connectivity index (χ0) is 16.4. The minimum Gasteiger partial charge on any atom is -0.341 e. The molecule has 1 aromatic heterocycles. The number of imidazole rings is 1. The number of benzene rings is 1. The maximum Gasteiger partial charge on any atom is 0.328 e. The molecule has 1 atom stereocenters. The molecular formula is C17H24N4O2. The van der Waals surface area contributed by atoms with E-state index in [0.29, 0.717) is 19.0 Å². The van der Waals surface area contributed by atoms with Crippen LogP contribution in [0.3, 0.4) is 0 Å². The fraction of sp³-hybridized carbons (Fsp3) is 0.529. The minimum absolute atomic E-state index is 0.0641. The molecule has 0 aliphatic carbocycles. The van der Waals surface area contributed by atoms with Crippen molar-refractivity contribution < 1.29 is 4.79 Å². The number of amides is 1. The van der Waals surface area contributed by atoms with Crippen LogP contribution in [-0.4, -0.2) is 46.1 Å². The lowest BCUT2D eigenvalue weighted by atomic mass is 10.1. The lowest BCUT2D eigenvalue weighted by Gasteiger charge is -2.32. The van der Waals surface area contributed by atoms with Gasteiger partial charge in [0, 0.05) is 39.1 Å². The van der Waals surface area contributed by atoms with E-state index < -0.39 is 0 Å². The summed E-state index contributed by atoms with van der Waals surface area (Å²) in [5, 5.41) is 3.25. The van der Waals surface area contributed by atoms with Crippen molar-refractivity contribution >= 4 is 16.9 Å². The van der Waals surface area contributed by atoms with Crippen molar-refractivity contribution in [2.24, 2.45) is 7.05 Å². The molecule has 1 fully saturated rings. The second-order valence-corrected chi connectivity index (χ2v) is 6.20. The zero-order valence-corrected chi connectivity index (χ0v) is 13.8. The van der Waals surface area contributed by atoms with Crippen LogP contribution in [0.15, 0.2) is 29.1 Å². The van der Waals surface area contributed by atoms with Crippen molar-refractivity contribution in [1.82, 2.24) is 19.4 Å². The highest BCUT2D eigenvalue weighted by atomic mass is 16.2. The molecule has 1 aliphatic heterocycles. The SMILES string of the molecule is CN[C@@H]1CCCN(C(=O)CCn2c(=O)n(C)c3ccccc32)C1. The maximum atomic E-state index is 12.5. The van der Waals surface area contributed by atoms with E-state index in [2.05, 4.69) is 5.32 Å². The number of para-hydroxylation sites is 2. The number of aromatic nitrogens is 2. The van der Waals surface area contributed by atoms with Gasteiger partial charge in [0.25, 0.3) is 0 Å². The molecular weight excluding hydrogens is 292 g/mol. The summed E-state index contributed by atoms with van der Waals surface area (Å²) in [5.41, 5.74) is 1.73. The predicted molar refractivity (Wildman–Crippen MR) is 90.5 cm³/mol. The number of fused-ring (bicyclic) bond motifs is 1. The Bertz CT molecular complexity index is 762. The standard InChI is InChI=1S/C17H24N4O2/c1-18-13-6-5-10-20(12-13)16(22)9-11-21-15-8-4-3-7-14(15)19(2)17(21)23/h3-4,7-8,13,18H,5-6,9-12H2,1-2H3/t13-/m1/s1. The second kappa shape index (κ2) is 6.58. The molecule has 2 aromatic rings. The molecule has 0 spiro atoms. The van der Waals surface area contributed by atoms with Crippen LogP contribution in [0.1, 0.15) is 19.3 Å². The molecule has 1 N–H and O–H groups in total. The number of likely N-dealkylation sites (N-methyl/N-ethyl adjacent to an activating group) is 1. The van der Waals surface area contributed by atoms with Gasteiger partial charge in [-0.25, -0.2) is 4.79 Å². The van der Waals surface area contributed by atoms with Crippen molar-refractivity contribution in [3.63, 3.8) is 0 Å². The number of nitrogens with zero attached hydrogens (tertiary/aromatic N) is 3. The van der Waals surface area contributed by atoms with Gasteiger partial charge >= 0.3 is 5.69 Å². The summed E-state index contributed by atoms with van der Waals surface area (Å²) in [6.45, 7) is 2.01. The molecule has 2 heterocycles. The average molecular weight is 316 g/mol. The first kappa shape index (κ1) is 15.8. The van der Waals surface area contributed by atoms with E-state index in [1.807, 2.05) is 36.2 Å². The summed E-state index contributed by atoms with van der Waals surface area (Å²) in [6.07, 6.45) is 2.51. The minimum atomic E-state index is -0.0641. The Balaban J connectivity index is 1.72. The Morgan fingerprint density at radius 3 is 2.78 bits per heavy atom. The number of carbonyl (C=O) groups is 1. The van der Waals surface area contributed by atoms with E-state index in [9.17, 15) is 9.59 Å². The summed E-state index contributed by atoms with van der Waals surface area (Å²) in [5.74, 6) is 0.129. The highest BCUT2D eigenvalue weighted by Gasteiger charge is 2.22. The van der Waals surface area contributed by atoms with Crippen molar-refractivity contribution in [3.8, 4) is 0 Å². The molecule has 3 rings (SSSR count). The van der Waals surface area contributed by atoms with E-state index in [1.54, 1.807) is 16.2 Å². The lowest BCUT2D eigenvalue weighted by molar-refractivity contribution is -0.132. The fourth-order valence-corrected chi connectivity index (χ4v) is 3.38. The molecule has 6 heteroatoms. The number of rotatable bonds is 4. The predicted octanol–water partition coefficient (Wildman–Crippen LogP) is 0.940. The average Bonchev–Trinajstić information content (AvgIpc) is 2.84. The van der Waals surface area contributed by atoms with Gasteiger partial charge in [-0.05, 0) is 32.0 Å². The van der Waals surface area contributed by atoms with E-state index in [0.717, 1.165) is 37.0 Å². The van der Waals surface area contributed by atoms with Gasteiger partial charge in [-0.15, -0.1) is 0 Å². The molecule has 0 radical (unpaired) electrons. The van der Waals surface area contributed by atoms with Crippen molar-refractivity contribution in [2.75, 3.05) is 20.1 Å². The van der Waals surface area contributed by atoms with E-state index in [4.69, 9.17) is 0 Å². The van der Waals surface area contributed by atoms with Gasteiger partial charge in [-0.3, -0.25) is 13.9 Å². The summed E-state index contributed by atoms with van der Waals surface area (Å²) < 4.78 is 3.34.